The summed E-state index contributed by atoms with van der Waals surface area (Å²) in [5, 5.41) is 4.25. The van der Waals surface area contributed by atoms with Gasteiger partial charge in [0, 0.05) is 31.0 Å². The molecule has 5 rings (SSSR count). The molecule has 1 saturated heterocycles. The van der Waals surface area contributed by atoms with Gasteiger partial charge in [0.15, 0.2) is 0 Å². The van der Waals surface area contributed by atoms with E-state index in [1.54, 1.807) is 7.11 Å². The Bertz CT molecular complexity index is 1050. The van der Waals surface area contributed by atoms with Gasteiger partial charge in [0.1, 0.15) is 17.2 Å². The number of ether oxygens (including phenoxy) is 2. The fourth-order valence-electron chi connectivity index (χ4n) is 4.80. The molecule has 1 aliphatic heterocycles. The van der Waals surface area contributed by atoms with Crippen LogP contribution in [0, 0.1) is 0 Å². The number of methoxy groups -OCH3 is 1. The van der Waals surface area contributed by atoms with Gasteiger partial charge in [0.25, 0.3) is 0 Å². The second-order valence-electron chi connectivity index (χ2n) is 8.34. The summed E-state index contributed by atoms with van der Waals surface area (Å²) in [4.78, 5) is 14.9. The standard InChI is InChI=1S/C23H30N6O2/c1-30-19-13-16(29-9-11-31-12-10-29)7-8-18(19)26-23-27-21(24)20-17(14-25-22(20)28-23)15-5-3-2-4-6-15/h7-8,13-15H,2-6,9-12H2,1H3,(H4,24,25,26,27,28). The molecule has 164 valence electrons. The van der Waals surface area contributed by atoms with E-state index in [9.17, 15) is 0 Å². The van der Waals surface area contributed by atoms with Crippen molar-refractivity contribution >= 4 is 34.2 Å². The lowest BCUT2D eigenvalue weighted by Crippen LogP contribution is -2.36. The van der Waals surface area contributed by atoms with Crippen LogP contribution in [-0.2, 0) is 4.74 Å². The maximum absolute atomic E-state index is 6.39. The molecule has 2 aliphatic rings. The Balaban J connectivity index is 1.41. The number of hydrogen-bond acceptors (Lipinski definition) is 7. The maximum atomic E-state index is 6.39. The predicted octanol–water partition coefficient (Wildman–Crippen LogP) is 4.18. The van der Waals surface area contributed by atoms with Gasteiger partial charge in [-0.1, -0.05) is 19.3 Å². The molecule has 3 aromatic rings. The molecule has 4 N–H and O–H groups in total. The van der Waals surface area contributed by atoms with Crippen molar-refractivity contribution in [2.24, 2.45) is 0 Å². The number of anilines is 4. The van der Waals surface area contributed by atoms with Crippen molar-refractivity contribution in [3.05, 3.63) is 30.0 Å². The number of nitrogens with one attached hydrogen (secondary N) is 2. The Morgan fingerprint density at radius 2 is 1.97 bits per heavy atom. The highest BCUT2D eigenvalue weighted by Gasteiger charge is 2.22. The highest BCUT2D eigenvalue weighted by Crippen LogP contribution is 2.38. The van der Waals surface area contributed by atoms with Gasteiger partial charge in [0.2, 0.25) is 5.95 Å². The van der Waals surface area contributed by atoms with Gasteiger partial charge in [0.05, 0.1) is 31.4 Å². The van der Waals surface area contributed by atoms with Gasteiger partial charge in [-0.25, -0.2) is 0 Å². The number of rotatable bonds is 5. The Morgan fingerprint density at radius 3 is 2.74 bits per heavy atom. The summed E-state index contributed by atoms with van der Waals surface area (Å²) in [6.45, 7) is 3.24. The molecule has 2 aromatic heterocycles. The normalized spacial score (nSPS) is 17.8. The third kappa shape index (κ3) is 3.99. The number of H-pyrrole nitrogens is 1. The number of nitrogens with two attached hydrogens (primary N) is 1. The number of benzene rings is 1. The van der Waals surface area contributed by atoms with Crippen molar-refractivity contribution in [1.82, 2.24) is 15.0 Å². The maximum Gasteiger partial charge on any atom is 0.231 e. The van der Waals surface area contributed by atoms with Crippen LogP contribution in [0.5, 0.6) is 5.75 Å². The average Bonchev–Trinajstić information content (AvgIpc) is 3.25. The van der Waals surface area contributed by atoms with Gasteiger partial charge in [-0.3, -0.25) is 0 Å². The minimum atomic E-state index is 0.458. The SMILES string of the molecule is COc1cc(N2CCOCC2)ccc1Nc1nc(N)c2c(C3CCCCC3)c[nH]c2n1. The summed E-state index contributed by atoms with van der Waals surface area (Å²) in [6.07, 6.45) is 8.35. The third-order valence-corrected chi connectivity index (χ3v) is 6.44. The van der Waals surface area contributed by atoms with E-state index in [1.165, 1.54) is 37.7 Å². The average molecular weight is 423 g/mol. The lowest BCUT2D eigenvalue weighted by molar-refractivity contribution is 0.122. The van der Waals surface area contributed by atoms with Crippen LogP contribution in [0.2, 0.25) is 0 Å². The van der Waals surface area contributed by atoms with E-state index >= 15 is 0 Å². The smallest absolute Gasteiger partial charge is 0.231 e. The van der Waals surface area contributed by atoms with Gasteiger partial charge in [-0.2, -0.15) is 9.97 Å². The monoisotopic (exact) mass is 422 g/mol. The molecule has 1 aromatic carbocycles. The molecule has 0 unspecified atom stereocenters. The number of aromatic amines is 1. The summed E-state index contributed by atoms with van der Waals surface area (Å²) in [5.41, 5.74) is 10.3. The Hall–Kier alpha value is -3.00. The Morgan fingerprint density at radius 1 is 1.16 bits per heavy atom. The van der Waals surface area contributed by atoms with Crippen molar-refractivity contribution in [2.75, 3.05) is 49.4 Å². The zero-order valence-electron chi connectivity index (χ0n) is 18.0. The fourth-order valence-corrected chi connectivity index (χ4v) is 4.80. The number of morpholine rings is 1. The summed E-state index contributed by atoms with van der Waals surface area (Å²) < 4.78 is 11.1. The van der Waals surface area contributed by atoms with Crippen LogP contribution in [0.3, 0.4) is 0 Å². The number of fused-ring (bicyclic) bond motifs is 1. The third-order valence-electron chi connectivity index (χ3n) is 6.44. The van der Waals surface area contributed by atoms with Crippen molar-refractivity contribution in [2.45, 2.75) is 38.0 Å². The van der Waals surface area contributed by atoms with E-state index in [0.717, 1.165) is 54.5 Å². The van der Waals surface area contributed by atoms with Crippen LogP contribution in [0.25, 0.3) is 11.0 Å². The molecule has 0 amide bonds. The quantitative estimate of drug-likeness (QED) is 0.567. The summed E-state index contributed by atoms with van der Waals surface area (Å²) >= 11 is 0. The van der Waals surface area contributed by atoms with Crippen LogP contribution >= 0.6 is 0 Å². The molecule has 8 heteroatoms. The molecule has 2 fully saturated rings. The van der Waals surface area contributed by atoms with Crippen molar-refractivity contribution in [3.63, 3.8) is 0 Å². The van der Waals surface area contributed by atoms with Crippen LogP contribution in [0.4, 0.5) is 23.1 Å². The fraction of sp³-hybridized carbons (Fsp3) is 0.478. The van der Waals surface area contributed by atoms with Gasteiger partial charge in [-0.15, -0.1) is 0 Å². The highest BCUT2D eigenvalue weighted by molar-refractivity contribution is 5.91. The molecule has 1 saturated carbocycles. The minimum absolute atomic E-state index is 0.458. The largest absolute Gasteiger partial charge is 0.494 e. The molecule has 0 spiro atoms. The van der Waals surface area contributed by atoms with E-state index < -0.39 is 0 Å². The van der Waals surface area contributed by atoms with Gasteiger partial charge < -0.3 is 30.4 Å². The zero-order valence-corrected chi connectivity index (χ0v) is 18.0. The molecule has 0 radical (unpaired) electrons. The minimum Gasteiger partial charge on any atom is -0.494 e. The Labute approximate surface area is 182 Å². The van der Waals surface area contributed by atoms with Crippen molar-refractivity contribution in [3.8, 4) is 5.75 Å². The van der Waals surface area contributed by atoms with Gasteiger partial charge >= 0.3 is 0 Å². The predicted molar refractivity (Wildman–Crippen MR) is 123 cm³/mol. The van der Waals surface area contributed by atoms with Crippen LogP contribution in [0.1, 0.15) is 43.6 Å². The topological polar surface area (TPSA) is 101 Å². The molecule has 0 atom stereocenters. The van der Waals surface area contributed by atoms with E-state index in [0.29, 0.717) is 17.7 Å². The molecular weight excluding hydrogens is 392 g/mol. The van der Waals surface area contributed by atoms with Crippen LogP contribution < -0.4 is 20.7 Å². The molecule has 1 aliphatic carbocycles. The molecule has 8 nitrogen and oxygen atoms in total. The van der Waals surface area contributed by atoms with Crippen LogP contribution in [-0.4, -0.2) is 48.4 Å². The van der Waals surface area contributed by atoms with E-state index in [2.05, 4.69) is 32.4 Å². The molecule has 3 heterocycles. The van der Waals surface area contributed by atoms with Crippen molar-refractivity contribution < 1.29 is 9.47 Å². The first-order chi connectivity index (χ1) is 15.2. The van der Waals surface area contributed by atoms with E-state index in [-0.39, 0.29) is 0 Å². The zero-order chi connectivity index (χ0) is 21.2. The van der Waals surface area contributed by atoms with E-state index in [1.807, 2.05) is 12.1 Å². The summed E-state index contributed by atoms with van der Waals surface area (Å²) in [5.74, 6) is 2.25. The Kier molecular flexibility index (Phi) is 5.55. The van der Waals surface area contributed by atoms with E-state index in [4.69, 9.17) is 20.2 Å². The lowest BCUT2D eigenvalue weighted by Gasteiger charge is -2.29. The number of nitrogen functional groups attached to an aromatic ring is 1. The second kappa shape index (κ2) is 8.63. The molecule has 0 bridgehead atoms. The van der Waals surface area contributed by atoms with Crippen molar-refractivity contribution in [1.29, 1.82) is 0 Å². The molecular formula is C23H30N6O2. The summed E-state index contributed by atoms with van der Waals surface area (Å²) in [6, 6.07) is 6.11. The van der Waals surface area contributed by atoms with Crippen LogP contribution in [0.15, 0.2) is 24.4 Å². The number of nitrogens with zero attached hydrogens (tertiary/aromatic N) is 3. The summed E-state index contributed by atoms with van der Waals surface area (Å²) in [7, 11) is 1.67. The lowest BCUT2D eigenvalue weighted by atomic mass is 9.84. The molecule has 31 heavy (non-hydrogen) atoms. The second-order valence-corrected chi connectivity index (χ2v) is 8.34. The highest BCUT2D eigenvalue weighted by atomic mass is 16.5. The number of hydrogen-bond donors (Lipinski definition) is 3. The van der Waals surface area contributed by atoms with Gasteiger partial charge in [-0.05, 0) is 36.5 Å². The first kappa shape index (κ1) is 19.9. The first-order valence-electron chi connectivity index (χ1n) is 11.1. The number of aromatic nitrogens is 3. The first-order valence-corrected chi connectivity index (χ1v) is 11.1.